The van der Waals surface area contributed by atoms with Crippen LogP contribution in [0.15, 0.2) is 66.4 Å². The lowest BCUT2D eigenvalue weighted by atomic mass is 9.88. The number of carbonyl (C=O) groups is 1. The van der Waals surface area contributed by atoms with Crippen molar-refractivity contribution >= 4 is 28.4 Å². The fourth-order valence-corrected chi connectivity index (χ4v) is 3.38. The molecular formula is C21H19N3O. The van der Waals surface area contributed by atoms with Gasteiger partial charge in [0.1, 0.15) is 0 Å². The van der Waals surface area contributed by atoms with E-state index in [1.165, 1.54) is 0 Å². The van der Waals surface area contributed by atoms with E-state index in [1.54, 1.807) is 0 Å². The largest absolute Gasteiger partial charge is 0.400 e. The number of amides is 1. The molecule has 0 radical (unpaired) electrons. The Bertz CT molecular complexity index is 993. The molecule has 0 spiro atoms. The van der Waals surface area contributed by atoms with Crippen LogP contribution in [0.2, 0.25) is 0 Å². The van der Waals surface area contributed by atoms with Gasteiger partial charge in [0, 0.05) is 16.8 Å². The Kier molecular flexibility index (Phi) is 3.75. The summed E-state index contributed by atoms with van der Waals surface area (Å²) in [4.78, 5) is 12.4. The lowest BCUT2D eigenvalue weighted by Crippen LogP contribution is -2.22. The van der Waals surface area contributed by atoms with Crippen molar-refractivity contribution in [1.82, 2.24) is 0 Å². The van der Waals surface area contributed by atoms with Crippen LogP contribution in [-0.2, 0) is 11.2 Å². The molecule has 4 heteroatoms. The second-order valence-electron chi connectivity index (χ2n) is 6.30. The van der Waals surface area contributed by atoms with Gasteiger partial charge < -0.3 is 16.8 Å². The van der Waals surface area contributed by atoms with Crippen molar-refractivity contribution < 1.29 is 4.79 Å². The Hall–Kier alpha value is -3.11. The van der Waals surface area contributed by atoms with Crippen LogP contribution in [0, 0.1) is 0 Å². The number of hydrogen-bond donors (Lipinski definition) is 3. The van der Waals surface area contributed by atoms with Crippen LogP contribution < -0.4 is 16.8 Å². The zero-order chi connectivity index (χ0) is 17.4. The Morgan fingerprint density at radius 2 is 1.80 bits per heavy atom. The van der Waals surface area contributed by atoms with Crippen LogP contribution in [0.5, 0.6) is 0 Å². The molecule has 25 heavy (non-hydrogen) atoms. The maximum absolute atomic E-state index is 12.4. The lowest BCUT2D eigenvalue weighted by Gasteiger charge is -2.23. The van der Waals surface area contributed by atoms with Gasteiger partial charge in [0.05, 0.1) is 12.5 Å². The minimum Gasteiger partial charge on any atom is -0.400 e. The molecule has 5 N–H and O–H groups in total. The van der Waals surface area contributed by atoms with Crippen molar-refractivity contribution in [3.8, 4) is 0 Å². The summed E-state index contributed by atoms with van der Waals surface area (Å²) in [5.41, 5.74) is 16.7. The molecule has 0 saturated heterocycles. The summed E-state index contributed by atoms with van der Waals surface area (Å²) in [5.74, 6) is -0.0398. The Labute approximate surface area is 146 Å². The highest BCUT2D eigenvalue weighted by atomic mass is 16.1. The monoisotopic (exact) mass is 329 g/mol. The molecule has 1 amide bonds. The van der Waals surface area contributed by atoms with E-state index >= 15 is 0 Å². The van der Waals surface area contributed by atoms with Gasteiger partial charge in [0.15, 0.2) is 0 Å². The number of anilines is 1. The molecule has 0 bridgehead atoms. The molecule has 1 unspecified atom stereocenters. The Morgan fingerprint density at radius 3 is 2.60 bits per heavy atom. The van der Waals surface area contributed by atoms with Gasteiger partial charge in [0.2, 0.25) is 5.91 Å². The third-order valence-corrected chi connectivity index (χ3v) is 4.60. The second kappa shape index (κ2) is 6.07. The predicted octanol–water partition coefficient (Wildman–Crippen LogP) is 3.33. The van der Waals surface area contributed by atoms with E-state index in [4.69, 9.17) is 11.5 Å². The van der Waals surface area contributed by atoms with E-state index in [0.29, 0.717) is 12.1 Å². The molecule has 0 heterocycles. The van der Waals surface area contributed by atoms with Crippen LogP contribution in [0.25, 0.3) is 16.8 Å². The molecule has 1 atom stereocenters. The molecule has 1 aliphatic rings. The molecular weight excluding hydrogens is 310 g/mol. The van der Waals surface area contributed by atoms with Gasteiger partial charge in [0.25, 0.3) is 0 Å². The van der Waals surface area contributed by atoms with Crippen LogP contribution in [0.1, 0.15) is 22.7 Å². The average Bonchev–Trinajstić information content (AvgIpc) is 2.61. The van der Waals surface area contributed by atoms with Gasteiger partial charge >= 0.3 is 0 Å². The average molecular weight is 329 g/mol. The van der Waals surface area contributed by atoms with Crippen LogP contribution in [-0.4, -0.2) is 5.91 Å². The fraction of sp³-hybridized carbons (Fsp3) is 0.0952. The van der Waals surface area contributed by atoms with Gasteiger partial charge in [-0.05, 0) is 34.2 Å². The number of nitrogens with two attached hydrogens (primary N) is 2. The summed E-state index contributed by atoms with van der Waals surface area (Å²) in [6.45, 7) is 0. The highest BCUT2D eigenvalue weighted by molar-refractivity contribution is 6.07. The summed E-state index contributed by atoms with van der Waals surface area (Å²) >= 11 is 0. The van der Waals surface area contributed by atoms with E-state index in [-0.39, 0.29) is 11.9 Å². The van der Waals surface area contributed by atoms with E-state index in [0.717, 1.165) is 33.2 Å². The smallest absolute Gasteiger partial charge is 0.228 e. The number of rotatable bonds is 3. The molecule has 0 aliphatic heterocycles. The quantitative estimate of drug-likeness (QED) is 0.689. The zero-order valence-corrected chi connectivity index (χ0v) is 13.7. The highest BCUT2D eigenvalue weighted by Crippen LogP contribution is 2.37. The third-order valence-electron chi connectivity index (χ3n) is 4.60. The molecule has 1 aliphatic carbocycles. The van der Waals surface area contributed by atoms with Gasteiger partial charge in [-0.25, -0.2) is 0 Å². The standard InChI is InChI=1S/C21H19N3O/c22-17-12-14-7-4-8-15-18(10-9-16(20(14)15)21(17)23)24-19(25)11-13-5-2-1-3-6-13/h1-10,12,21H,11,22-23H2,(H,24,25). The molecule has 3 aromatic rings. The molecule has 0 aromatic heterocycles. The summed E-state index contributed by atoms with van der Waals surface area (Å²) in [7, 11) is 0. The molecule has 4 nitrogen and oxygen atoms in total. The topological polar surface area (TPSA) is 81.1 Å². The summed E-state index contributed by atoms with van der Waals surface area (Å²) in [6, 6.07) is 19.2. The third kappa shape index (κ3) is 2.77. The summed E-state index contributed by atoms with van der Waals surface area (Å²) < 4.78 is 0. The van der Waals surface area contributed by atoms with Gasteiger partial charge in [-0.3, -0.25) is 4.79 Å². The molecule has 0 saturated carbocycles. The number of nitrogens with one attached hydrogen (secondary N) is 1. The predicted molar refractivity (Wildman–Crippen MR) is 102 cm³/mol. The highest BCUT2D eigenvalue weighted by Gasteiger charge is 2.21. The first-order valence-corrected chi connectivity index (χ1v) is 8.25. The van der Waals surface area contributed by atoms with Crippen molar-refractivity contribution in [2.24, 2.45) is 11.5 Å². The normalized spacial score (nSPS) is 15.7. The molecule has 3 aromatic carbocycles. The summed E-state index contributed by atoms with van der Waals surface area (Å²) in [5, 5.41) is 5.07. The lowest BCUT2D eigenvalue weighted by molar-refractivity contribution is -0.115. The molecule has 4 rings (SSSR count). The second-order valence-corrected chi connectivity index (χ2v) is 6.30. The van der Waals surface area contributed by atoms with Crippen molar-refractivity contribution in [2.45, 2.75) is 12.5 Å². The fourth-order valence-electron chi connectivity index (χ4n) is 3.38. The molecule has 0 fully saturated rings. The zero-order valence-electron chi connectivity index (χ0n) is 13.7. The number of benzene rings is 3. The van der Waals surface area contributed by atoms with Gasteiger partial charge in [-0.15, -0.1) is 0 Å². The molecule has 124 valence electrons. The van der Waals surface area contributed by atoms with Crippen molar-refractivity contribution in [2.75, 3.05) is 5.32 Å². The van der Waals surface area contributed by atoms with Crippen LogP contribution in [0.4, 0.5) is 5.69 Å². The van der Waals surface area contributed by atoms with Crippen molar-refractivity contribution in [3.63, 3.8) is 0 Å². The maximum atomic E-state index is 12.4. The van der Waals surface area contributed by atoms with Gasteiger partial charge in [-0.2, -0.15) is 0 Å². The summed E-state index contributed by atoms with van der Waals surface area (Å²) in [6.07, 6.45) is 2.26. The Balaban J connectivity index is 1.70. The first-order chi connectivity index (χ1) is 12.1. The first-order valence-electron chi connectivity index (χ1n) is 8.25. The maximum Gasteiger partial charge on any atom is 0.228 e. The minimum atomic E-state index is -0.313. The van der Waals surface area contributed by atoms with Gasteiger partial charge in [-0.1, -0.05) is 54.6 Å². The Morgan fingerprint density at radius 1 is 1.00 bits per heavy atom. The SMILES string of the molecule is NC1=Cc2cccc3c(NC(=O)Cc4ccccc4)ccc(c23)C1N. The minimum absolute atomic E-state index is 0.0398. The van der Waals surface area contributed by atoms with E-state index in [9.17, 15) is 4.79 Å². The number of hydrogen-bond acceptors (Lipinski definition) is 3. The van der Waals surface area contributed by atoms with Crippen LogP contribution in [0.3, 0.4) is 0 Å². The van der Waals surface area contributed by atoms with Crippen molar-refractivity contribution in [1.29, 1.82) is 0 Å². The number of carbonyl (C=O) groups excluding carboxylic acids is 1. The van der Waals surface area contributed by atoms with E-state index in [1.807, 2.05) is 66.7 Å². The van der Waals surface area contributed by atoms with E-state index < -0.39 is 0 Å². The first kappa shape index (κ1) is 15.4. The van der Waals surface area contributed by atoms with Crippen LogP contribution >= 0.6 is 0 Å². The van der Waals surface area contributed by atoms with E-state index in [2.05, 4.69) is 5.32 Å². The van der Waals surface area contributed by atoms with Crippen molar-refractivity contribution in [3.05, 3.63) is 83.1 Å².